The SMILES string of the molecule is CN(C)c1ccc(C(=C2C=CC(=[N+](C)C)C=C2)c2ccc(C(=O)NCC(=O)NCCc3ccc(O)cc3)cc2)cc1. The van der Waals surface area contributed by atoms with Crippen molar-refractivity contribution in [1.82, 2.24) is 10.6 Å². The molecular weight excluding hydrogens is 512 g/mol. The van der Waals surface area contributed by atoms with Gasteiger partial charge in [-0.2, -0.15) is 0 Å². The zero-order valence-corrected chi connectivity index (χ0v) is 24.0. The molecule has 1 aliphatic carbocycles. The van der Waals surface area contributed by atoms with E-state index in [1.807, 2.05) is 52.5 Å². The molecule has 0 radical (unpaired) electrons. The summed E-state index contributed by atoms with van der Waals surface area (Å²) in [7, 11) is 8.07. The summed E-state index contributed by atoms with van der Waals surface area (Å²) in [6.07, 6.45) is 9.06. The van der Waals surface area contributed by atoms with Gasteiger partial charge in [0, 0.05) is 44.0 Å². The van der Waals surface area contributed by atoms with Gasteiger partial charge in [-0.25, -0.2) is 4.58 Å². The molecule has 210 valence electrons. The van der Waals surface area contributed by atoms with Crippen LogP contribution in [-0.2, 0) is 11.2 Å². The molecule has 7 heteroatoms. The lowest BCUT2D eigenvalue weighted by Crippen LogP contribution is -2.37. The zero-order valence-electron chi connectivity index (χ0n) is 24.0. The Labute approximate surface area is 241 Å². The number of phenols is 1. The molecule has 4 rings (SSSR count). The predicted octanol–water partition coefficient (Wildman–Crippen LogP) is 4.19. The van der Waals surface area contributed by atoms with Crippen LogP contribution in [0.25, 0.3) is 5.57 Å². The van der Waals surface area contributed by atoms with Crippen LogP contribution < -0.4 is 15.5 Å². The van der Waals surface area contributed by atoms with Crippen molar-refractivity contribution in [1.29, 1.82) is 0 Å². The molecule has 3 N–H and O–H groups in total. The molecule has 0 aromatic heterocycles. The van der Waals surface area contributed by atoms with Crippen LogP contribution in [0.4, 0.5) is 5.69 Å². The summed E-state index contributed by atoms with van der Waals surface area (Å²) in [5.41, 5.74) is 7.94. The molecule has 3 aromatic carbocycles. The summed E-state index contributed by atoms with van der Waals surface area (Å²) >= 11 is 0. The maximum absolute atomic E-state index is 12.8. The second kappa shape index (κ2) is 13.4. The summed E-state index contributed by atoms with van der Waals surface area (Å²) < 4.78 is 2.07. The Hall–Kier alpha value is -4.91. The van der Waals surface area contributed by atoms with Crippen molar-refractivity contribution in [2.24, 2.45) is 0 Å². The maximum atomic E-state index is 12.8. The summed E-state index contributed by atoms with van der Waals surface area (Å²) in [5.74, 6) is -0.357. The van der Waals surface area contributed by atoms with Gasteiger partial charge < -0.3 is 20.6 Å². The Kier molecular flexibility index (Phi) is 9.53. The third kappa shape index (κ3) is 7.82. The fourth-order valence-electron chi connectivity index (χ4n) is 4.47. The average Bonchev–Trinajstić information content (AvgIpc) is 2.98. The van der Waals surface area contributed by atoms with E-state index < -0.39 is 0 Å². The summed E-state index contributed by atoms with van der Waals surface area (Å²) in [5, 5.41) is 14.9. The summed E-state index contributed by atoms with van der Waals surface area (Å²) in [6, 6.07) is 22.8. The van der Waals surface area contributed by atoms with Crippen LogP contribution in [0.1, 0.15) is 27.0 Å². The van der Waals surface area contributed by atoms with Crippen molar-refractivity contribution in [2.75, 3.05) is 46.2 Å². The van der Waals surface area contributed by atoms with E-state index in [0.717, 1.165) is 39.2 Å². The summed E-state index contributed by atoms with van der Waals surface area (Å²) in [6.45, 7) is 0.335. The third-order valence-corrected chi connectivity index (χ3v) is 6.86. The van der Waals surface area contributed by atoms with Crippen molar-refractivity contribution in [3.8, 4) is 5.75 Å². The fraction of sp³-hybridized carbons (Fsp3) is 0.206. The van der Waals surface area contributed by atoms with E-state index in [2.05, 4.69) is 68.7 Å². The van der Waals surface area contributed by atoms with Crippen LogP contribution in [0.5, 0.6) is 5.75 Å². The smallest absolute Gasteiger partial charge is 0.251 e. The van der Waals surface area contributed by atoms with Crippen molar-refractivity contribution >= 4 is 28.8 Å². The number of hydrogen-bond acceptors (Lipinski definition) is 4. The lowest BCUT2D eigenvalue weighted by atomic mass is 9.90. The van der Waals surface area contributed by atoms with Gasteiger partial charge in [-0.3, -0.25) is 9.59 Å². The molecule has 2 amide bonds. The minimum atomic E-state index is -0.308. The molecule has 0 saturated heterocycles. The second-order valence-electron chi connectivity index (χ2n) is 10.3. The van der Waals surface area contributed by atoms with E-state index in [1.54, 1.807) is 24.3 Å². The number of anilines is 1. The minimum Gasteiger partial charge on any atom is -0.508 e. The molecule has 0 heterocycles. The third-order valence-electron chi connectivity index (χ3n) is 6.86. The first-order valence-electron chi connectivity index (χ1n) is 13.6. The number of amides is 2. The normalized spacial score (nSPS) is 12.2. The number of nitrogens with zero attached hydrogens (tertiary/aromatic N) is 2. The largest absolute Gasteiger partial charge is 0.508 e. The van der Waals surface area contributed by atoms with Gasteiger partial charge in [0.05, 0.1) is 6.54 Å². The topological polar surface area (TPSA) is 84.7 Å². The highest BCUT2D eigenvalue weighted by Crippen LogP contribution is 2.31. The van der Waals surface area contributed by atoms with Crippen LogP contribution in [-0.4, -0.2) is 68.5 Å². The molecular formula is C34H37N4O3+. The van der Waals surface area contributed by atoms with E-state index in [1.165, 1.54) is 0 Å². The van der Waals surface area contributed by atoms with Gasteiger partial charge in [0.15, 0.2) is 5.71 Å². The van der Waals surface area contributed by atoms with Crippen LogP contribution >= 0.6 is 0 Å². The van der Waals surface area contributed by atoms with Gasteiger partial charge in [-0.05, 0) is 82.8 Å². The molecule has 0 aliphatic heterocycles. The number of hydrogen-bond donors (Lipinski definition) is 3. The van der Waals surface area contributed by atoms with E-state index in [-0.39, 0.29) is 24.1 Å². The van der Waals surface area contributed by atoms with E-state index in [0.29, 0.717) is 18.5 Å². The number of carbonyl (C=O) groups excluding carboxylic acids is 2. The molecule has 0 saturated carbocycles. The monoisotopic (exact) mass is 549 g/mol. The molecule has 7 nitrogen and oxygen atoms in total. The van der Waals surface area contributed by atoms with E-state index >= 15 is 0 Å². The van der Waals surface area contributed by atoms with Gasteiger partial charge >= 0.3 is 0 Å². The zero-order chi connectivity index (χ0) is 29.4. The molecule has 0 fully saturated rings. The predicted molar refractivity (Wildman–Crippen MR) is 166 cm³/mol. The summed E-state index contributed by atoms with van der Waals surface area (Å²) in [4.78, 5) is 27.1. The highest BCUT2D eigenvalue weighted by atomic mass is 16.3. The number of allylic oxidation sites excluding steroid dienone is 5. The molecule has 0 spiro atoms. The van der Waals surface area contributed by atoms with E-state index in [4.69, 9.17) is 0 Å². The fourth-order valence-corrected chi connectivity index (χ4v) is 4.47. The highest BCUT2D eigenvalue weighted by Gasteiger charge is 2.15. The van der Waals surface area contributed by atoms with Crippen LogP contribution in [0.15, 0.2) is 103 Å². The number of carbonyl (C=O) groups is 2. The maximum Gasteiger partial charge on any atom is 0.251 e. The Balaban J connectivity index is 1.44. The van der Waals surface area contributed by atoms with Gasteiger partial charge in [0.1, 0.15) is 19.8 Å². The average molecular weight is 550 g/mol. The van der Waals surface area contributed by atoms with Gasteiger partial charge in [0.25, 0.3) is 5.91 Å². The standard InChI is InChI=1S/C34H36N4O3/c1-37(2)29-15-11-26(12-16-29)33(27-13-17-30(18-14-27)38(3)4)25-7-9-28(10-8-25)34(41)36-23-32(40)35-22-21-24-5-19-31(39)20-6-24/h5-20H,21-23H2,1-4H3,(H2-,35,36,39,40,41)/p+1. The minimum absolute atomic E-state index is 0.107. The second-order valence-corrected chi connectivity index (χ2v) is 10.3. The van der Waals surface area contributed by atoms with Crippen molar-refractivity contribution in [2.45, 2.75) is 6.42 Å². The molecule has 0 unspecified atom stereocenters. The number of aromatic hydroxyl groups is 1. The molecule has 0 atom stereocenters. The number of nitrogens with one attached hydrogen (secondary N) is 2. The first kappa shape index (κ1) is 29.1. The highest BCUT2D eigenvalue weighted by molar-refractivity contribution is 6.04. The lowest BCUT2D eigenvalue weighted by Gasteiger charge is -2.17. The van der Waals surface area contributed by atoms with Crippen molar-refractivity contribution in [3.63, 3.8) is 0 Å². The van der Waals surface area contributed by atoms with E-state index in [9.17, 15) is 14.7 Å². The lowest BCUT2D eigenvalue weighted by molar-refractivity contribution is -0.462. The molecule has 3 aromatic rings. The molecule has 0 bridgehead atoms. The van der Waals surface area contributed by atoms with Gasteiger partial charge in [0.2, 0.25) is 5.91 Å². The quantitative estimate of drug-likeness (QED) is 0.350. The van der Waals surface area contributed by atoms with Gasteiger partial charge in [-0.1, -0.05) is 36.4 Å². The number of benzene rings is 3. The molecule has 41 heavy (non-hydrogen) atoms. The van der Waals surface area contributed by atoms with Crippen LogP contribution in [0.3, 0.4) is 0 Å². The Morgan fingerprint density at radius 2 is 1.32 bits per heavy atom. The first-order valence-corrected chi connectivity index (χ1v) is 13.6. The van der Waals surface area contributed by atoms with Gasteiger partial charge in [-0.15, -0.1) is 0 Å². The molecule has 1 aliphatic rings. The number of phenolic OH excluding ortho intramolecular Hbond substituents is 1. The van der Waals surface area contributed by atoms with Crippen molar-refractivity contribution in [3.05, 3.63) is 125 Å². The van der Waals surface area contributed by atoms with Crippen LogP contribution in [0, 0.1) is 0 Å². The Bertz CT molecular complexity index is 1490. The Morgan fingerprint density at radius 3 is 1.88 bits per heavy atom. The van der Waals surface area contributed by atoms with Crippen LogP contribution in [0.2, 0.25) is 0 Å². The Morgan fingerprint density at radius 1 is 0.756 bits per heavy atom. The van der Waals surface area contributed by atoms with Crippen molar-refractivity contribution < 1.29 is 19.3 Å². The number of rotatable bonds is 9. The first-order chi connectivity index (χ1) is 19.7.